The van der Waals surface area contributed by atoms with Crippen LogP contribution in [-0.2, 0) is 32.1 Å². The summed E-state index contributed by atoms with van der Waals surface area (Å²) in [6, 6.07) is 56.3. The summed E-state index contributed by atoms with van der Waals surface area (Å²) in [6.07, 6.45) is 12.9. The van der Waals surface area contributed by atoms with E-state index in [0.717, 1.165) is 65.5 Å². The molecule has 0 bridgehead atoms. The van der Waals surface area contributed by atoms with Crippen LogP contribution < -0.4 is 0 Å². The summed E-state index contributed by atoms with van der Waals surface area (Å²) in [7, 11) is 0. The number of hydrogen-bond donors (Lipinski definition) is 0. The van der Waals surface area contributed by atoms with E-state index in [0.29, 0.717) is 38.6 Å². The normalized spacial score (nSPS) is 11.9. The van der Waals surface area contributed by atoms with Crippen LogP contribution in [-0.4, -0.2) is 25.8 Å². The van der Waals surface area contributed by atoms with Gasteiger partial charge in [0.15, 0.2) is 0 Å². The maximum absolute atomic E-state index is 12.3. The molecule has 0 radical (unpaired) electrons. The van der Waals surface area contributed by atoms with Crippen molar-refractivity contribution in [3.63, 3.8) is 0 Å². The van der Waals surface area contributed by atoms with Gasteiger partial charge in [-0.15, -0.1) is 0 Å². The van der Waals surface area contributed by atoms with Gasteiger partial charge in [-0.2, -0.15) is 0 Å². The van der Waals surface area contributed by atoms with Gasteiger partial charge in [-0.25, -0.2) is 9.78 Å². The minimum atomic E-state index is -0.124. The Morgan fingerprint density at radius 3 is 1.43 bits per heavy atom. The predicted octanol–water partition coefficient (Wildman–Crippen LogP) is 14.5. The first-order valence-corrected chi connectivity index (χ1v) is 22.3. The third-order valence-corrected chi connectivity index (χ3v) is 10.9. The molecule has 0 saturated heterocycles. The van der Waals surface area contributed by atoms with Gasteiger partial charge in [0.25, 0.3) is 0 Å². The number of esters is 1. The lowest BCUT2D eigenvalue weighted by atomic mass is 9.93. The SMILES string of the molecule is CCCCCOOCCCc1ccc(/C(=C/c2ccc(-c3ccc(/C=C(\c4ccccc4)c4ccc(CCC(=O)OCCCC(C)C)cc4)cc3)cc2)c2ccccc2)cc1. The van der Waals surface area contributed by atoms with E-state index in [4.69, 9.17) is 14.5 Å². The van der Waals surface area contributed by atoms with Gasteiger partial charge in [0.05, 0.1) is 19.8 Å². The fourth-order valence-corrected chi connectivity index (χ4v) is 7.34. The molecule has 0 saturated carbocycles. The van der Waals surface area contributed by atoms with Crippen LogP contribution in [0.15, 0.2) is 158 Å². The zero-order valence-electron chi connectivity index (χ0n) is 36.4. The largest absolute Gasteiger partial charge is 0.466 e. The van der Waals surface area contributed by atoms with Crippen molar-refractivity contribution in [1.29, 1.82) is 0 Å². The lowest BCUT2D eigenvalue weighted by Gasteiger charge is -2.12. The Hall–Kier alpha value is -5.81. The van der Waals surface area contributed by atoms with Crippen molar-refractivity contribution in [3.8, 4) is 11.1 Å². The Kier molecular flexibility index (Phi) is 17.9. The Morgan fingerprint density at radius 1 is 0.492 bits per heavy atom. The molecule has 0 atom stereocenters. The van der Waals surface area contributed by atoms with Crippen LogP contribution in [0.1, 0.15) is 110 Å². The van der Waals surface area contributed by atoms with Crippen LogP contribution in [0.25, 0.3) is 34.4 Å². The molecule has 0 aliphatic heterocycles. The van der Waals surface area contributed by atoms with Gasteiger partial charge in [-0.1, -0.05) is 191 Å². The molecule has 0 amide bonds. The number of hydrogen-bond acceptors (Lipinski definition) is 4. The number of unbranched alkanes of at least 4 members (excludes halogenated alkanes) is 2. The lowest BCUT2D eigenvalue weighted by molar-refractivity contribution is -0.295. The number of benzene rings is 6. The number of rotatable bonds is 23. The van der Waals surface area contributed by atoms with E-state index in [1.165, 1.54) is 46.2 Å². The van der Waals surface area contributed by atoms with Crippen LogP contribution in [0.2, 0.25) is 0 Å². The molecule has 4 nitrogen and oxygen atoms in total. The van der Waals surface area contributed by atoms with Crippen molar-refractivity contribution in [3.05, 3.63) is 202 Å². The van der Waals surface area contributed by atoms with E-state index in [2.05, 4.69) is 185 Å². The second kappa shape index (κ2) is 24.4. The van der Waals surface area contributed by atoms with Crippen molar-refractivity contribution in [2.24, 2.45) is 5.92 Å². The average molecular weight is 811 g/mol. The van der Waals surface area contributed by atoms with Gasteiger partial charge in [0.1, 0.15) is 0 Å². The molecule has 0 fully saturated rings. The fourth-order valence-electron chi connectivity index (χ4n) is 7.34. The maximum Gasteiger partial charge on any atom is 0.306 e. The molecule has 0 N–H and O–H groups in total. The number of ether oxygens (including phenoxy) is 1. The minimum absolute atomic E-state index is 0.124. The van der Waals surface area contributed by atoms with E-state index in [-0.39, 0.29) is 5.97 Å². The highest BCUT2D eigenvalue weighted by atomic mass is 17.2. The van der Waals surface area contributed by atoms with E-state index < -0.39 is 0 Å². The molecule has 4 heteroatoms. The van der Waals surface area contributed by atoms with E-state index in [9.17, 15) is 4.79 Å². The summed E-state index contributed by atoms with van der Waals surface area (Å²) in [4.78, 5) is 23.0. The summed E-state index contributed by atoms with van der Waals surface area (Å²) < 4.78 is 5.45. The van der Waals surface area contributed by atoms with Gasteiger partial charge >= 0.3 is 5.97 Å². The Morgan fingerprint density at radius 2 is 0.951 bits per heavy atom. The highest BCUT2D eigenvalue weighted by Crippen LogP contribution is 2.30. The summed E-state index contributed by atoms with van der Waals surface area (Å²) >= 11 is 0. The molecular weight excluding hydrogens is 749 g/mol. The standard InChI is InChI=1S/C57H62O4/c1-4-5-12-40-60-61-41-14-16-45-21-34-53(35-22-45)55(51-17-8-6-9-18-51)42-47-25-30-49(31-26-47)50-32-27-48(28-33-50)43-56(52-19-10-7-11-20-52)54-36-23-46(24-37-54)29-38-57(58)59-39-13-15-44(2)3/h6-11,17-28,30-37,42-44H,4-5,12-16,29,38-41H2,1-3H3/b55-42+,56-43+. The molecule has 0 aromatic heterocycles. The average Bonchev–Trinajstić information content (AvgIpc) is 3.30. The molecule has 61 heavy (non-hydrogen) atoms. The highest BCUT2D eigenvalue weighted by Gasteiger charge is 2.10. The van der Waals surface area contributed by atoms with Crippen molar-refractivity contribution in [1.82, 2.24) is 0 Å². The van der Waals surface area contributed by atoms with Gasteiger partial charge in [-0.3, -0.25) is 4.79 Å². The van der Waals surface area contributed by atoms with Gasteiger partial charge in [0, 0.05) is 6.42 Å². The maximum atomic E-state index is 12.3. The zero-order chi connectivity index (χ0) is 42.5. The number of aryl methyl sites for hydroxylation is 2. The second-order valence-corrected chi connectivity index (χ2v) is 16.2. The van der Waals surface area contributed by atoms with Crippen LogP contribution >= 0.6 is 0 Å². The van der Waals surface area contributed by atoms with Crippen molar-refractivity contribution < 1.29 is 19.3 Å². The molecule has 0 spiro atoms. The molecule has 6 rings (SSSR count). The summed E-state index contributed by atoms with van der Waals surface area (Å²) in [5, 5.41) is 0. The molecule has 0 unspecified atom stereocenters. The van der Waals surface area contributed by atoms with Crippen molar-refractivity contribution in [2.45, 2.75) is 78.6 Å². The third kappa shape index (κ3) is 14.7. The smallest absolute Gasteiger partial charge is 0.306 e. The summed E-state index contributed by atoms with van der Waals surface area (Å²) in [5.74, 6) is 0.499. The van der Waals surface area contributed by atoms with Gasteiger partial charge in [-0.05, 0) is 123 Å². The predicted molar refractivity (Wildman–Crippen MR) is 255 cm³/mol. The molecule has 314 valence electrons. The van der Waals surface area contributed by atoms with Crippen LogP contribution in [0.3, 0.4) is 0 Å². The first kappa shape index (κ1) is 44.7. The van der Waals surface area contributed by atoms with Crippen LogP contribution in [0.4, 0.5) is 0 Å². The third-order valence-electron chi connectivity index (χ3n) is 10.9. The van der Waals surface area contributed by atoms with Crippen molar-refractivity contribution in [2.75, 3.05) is 19.8 Å². The van der Waals surface area contributed by atoms with E-state index in [1.807, 2.05) is 6.07 Å². The van der Waals surface area contributed by atoms with Crippen LogP contribution in [0.5, 0.6) is 0 Å². The number of carbonyl (C=O) groups is 1. The number of carbonyl (C=O) groups excluding carboxylic acids is 1. The quantitative estimate of drug-likeness (QED) is 0.0213. The Bertz CT molecular complexity index is 2230. The van der Waals surface area contributed by atoms with E-state index >= 15 is 0 Å². The molecule has 6 aromatic rings. The first-order valence-electron chi connectivity index (χ1n) is 22.3. The Balaban J connectivity index is 1.11. The first-order chi connectivity index (χ1) is 29.9. The van der Waals surface area contributed by atoms with Crippen LogP contribution in [0, 0.1) is 5.92 Å². The fraction of sp³-hybridized carbons (Fsp3) is 0.281. The molecule has 6 aromatic carbocycles. The Labute approximate surface area is 364 Å². The second-order valence-electron chi connectivity index (χ2n) is 16.2. The van der Waals surface area contributed by atoms with Gasteiger partial charge < -0.3 is 4.74 Å². The minimum Gasteiger partial charge on any atom is -0.466 e. The van der Waals surface area contributed by atoms with E-state index in [1.54, 1.807) is 0 Å². The zero-order valence-corrected chi connectivity index (χ0v) is 36.4. The lowest BCUT2D eigenvalue weighted by Crippen LogP contribution is -2.07. The summed E-state index contributed by atoms with van der Waals surface area (Å²) in [6.45, 7) is 8.35. The van der Waals surface area contributed by atoms with Gasteiger partial charge in [0.2, 0.25) is 0 Å². The topological polar surface area (TPSA) is 44.8 Å². The molecule has 0 heterocycles. The molecular formula is C57H62O4. The van der Waals surface area contributed by atoms with Crippen molar-refractivity contribution >= 4 is 29.3 Å². The molecule has 0 aliphatic rings. The summed E-state index contributed by atoms with van der Waals surface area (Å²) in [5.41, 5.74) is 14.1. The molecule has 0 aliphatic carbocycles. The highest BCUT2D eigenvalue weighted by molar-refractivity contribution is 5.93. The monoisotopic (exact) mass is 810 g/mol.